The molecule has 0 saturated carbocycles. The van der Waals surface area contributed by atoms with Crippen molar-refractivity contribution in [2.45, 2.75) is 32.0 Å². The van der Waals surface area contributed by atoms with Crippen molar-refractivity contribution in [3.05, 3.63) is 29.8 Å². The summed E-state index contributed by atoms with van der Waals surface area (Å²) < 4.78 is 41.0. The Bertz CT molecular complexity index is 379. The quantitative estimate of drug-likeness (QED) is 0.724. The second-order valence-electron chi connectivity index (χ2n) is 4.70. The SMILES string of the molecule is Cc1ccc(OCC(O)CNCCCC(F)(F)F)cc1. The first-order valence-electron chi connectivity index (χ1n) is 6.52. The molecule has 0 bridgehead atoms. The molecule has 0 radical (unpaired) electrons. The number of nitrogens with one attached hydrogen (secondary N) is 1. The molecule has 0 saturated heterocycles. The molecule has 0 aliphatic carbocycles. The van der Waals surface area contributed by atoms with Gasteiger partial charge in [-0.15, -0.1) is 0 Å². The van der Waals surface area contributed by atoms with Crippen LogP contribution < -0.4 is 10.1 Å². The summed E-state index contributed by atoms with van der Waals surface area (Å²) in [5.41, 5.74) is 1.12. The van der Waals surface area contributed by atoms with Crippen LogP contribution in [0.5, 0.6) is 5.75 Å². The topological polar surface area (TPSA) is 41.5 Å². The van der Waals surface area contributed by atoms with Gasteiger partial charge in [0.2, 0.25) is 0 Å². The van der Waals surface area contributed by atoms with Crippen LogP contribution in [0.3, 0.4) is 0 Å². The molecule has 0 heterocycles. The zero-order valence-corrected chi connectivity index (χ0v) is 11.4. The molecule has 1 aromatic rings. The lowest BCUT2D eigenvalue weighted by molar-refractivity contribution is -0.135. The summed E-state index contributed by atoms with van der Waals surface area (Å²) in [4.78, 5) is 0. The van der Waals surface area contributed by atoms with Crippen LogP contribution in [-0.4, -0.2) is 37.1 Å². The van der Waals surface area contributed by atoms with E-state index >= 15 is 0 Å². The molecule has 0 amide bonds. The Morgan fingerprint density at radius 2 is 1.90 bits per heavy atom. The van der Waals surface area contributed by atoms with Crippen LogP contribution in [0.4, 0.5) is 13.2 Å². The van der Waals surface area contributed by atoms with Gasteiger partial charge in [-0.1, -0.05) is 17.7 Å². The van der Waals surface area contributed by atoms with Crippen molar-refractivity contribution < 1.29 is 23.0 Å². The van der Waals surface area contributed by atoms with E-state index in [-0.39, 0.29) is 26.1 Å². The lowest BCUT2D eigenvalue weighted by Gasteiger charge is -2.13. The highest BCUT2D eigenvalue weighted by molar-refractivity contribution is 5.26. The molecule has 1 rings (SSSR count). The molecule has 6 heteroatoms. The van der Waals surface area contributed by atoms with Crippen molar-refractivity contribution in [1.29, 1.82) is 0 Å². The van der Waals surface area contributed by atoms with Gasteiger partial charge in [0.15, 0.2) is 0 Å². The number of rotatable bonds is 8. The third-order valence-electron chi connectivity index (χ3n) is 2.66. The van der Waals surface area contributed by atoms with Gasteiger partial charge in [0.1, 0.15) is 18.5 Å². The Balaban J connectivity index is 2.08. The van der Waals surface area contributed by atoms with Crippen molar-refractivity contribution in [2.75, 3.05) is 19.7 Å². The number of hydrogen-bond acceptors (Lipinski definition) is 3. The molecule has 1 atom stereocenters. The fourth-order valence-corrected chi connectivity index (χ4v) is 1.57. The minimum absolute atomic E-state index is 0.00897. The predicted molar refractivity (Wildman–Crippen MR) is 70.8 cm³/mol. The van der Waals surface area contributed by atoms with Gasteiger partial charge in [-0.3, -0.25) is 0 Å². The van der Waals surface area contributed by atoms with Crippen molar-refractivity contribution >= 4 is 0 Å². The molecule has 114 valence electrons. The number of aliphatic hydroxyl groups is 1. The van der Waals surface area contributed by atoms with Crippen LogP contribution in [0.1, 0.15) is 18.4 Å². The molecule has 0 aromatic heterocycles. The van der Waals surface area contributed by atoms with Gasteiger partial charge in [-0.2, -0.15) is 13.2 Å². The van der Waals surface area contributed by atoms with E-state index in [9.17, 15) is 18.3 Å². The van der Waals surface area contributed by atoms with Gasteiger partial charge in [0.05, 0.1) is 0 Å². The molecule has 0 aliphatic rings. The van der Waals surface area contributed by atoms with Crippen LogP contribution >= 0.6 is 0 Å². The molecule has 3 nitrogen and oxygen atoms in total. The molecule has 2 N–H and O–H groups in total. The molecule has 1 unspecified atom stereocenters. The Kier molecular flexibility index (Phi) is 6.81. The minimum Gasteiger partial charge on any atom is -0.491 e. The summed E-state index contributed by atoms with van der Waals surface area (Å²) in [7, 11) is 0. The summed E-state index contributed by atoms with van der Waals surface area (Å²) in [5.74, 6) is 0.659. The lowest BCUT2D eigenvalue weighted by atomic mass is 10.2. The van der Waals surface area contributed by atoms with Gasteiger partial charge in [0, 0.05) is 13.0 Å². The maximum Gasteiger partial charge on any atom is 0.389 e. The van der Waals surface area contributed by atoms with Gasteiger partial charge in [0.25, 0.3) is 0 Å². The average molecular weight is 291 g/mol. The van der Waals surface area contributed by atoms with Gasteiger partial charge < -0.3 is 15.2 Å². The smallest absolute Gasteiger partial charge is 0.389 e. The highest BCUT2D eigenvalue weighted by Crippen LogP contribution is 2.20. The Labute approximate surface area is 116 Å². The largest absolute Gasteiger partial charge is 0.491 e. The Hall–Kier alpha value is -1.27. The summed E-state index contributed by atoms with van der Waals surface area (Å²) in [5, 5.41) is 12.4. The standard InChI is InChI=1S/C14H20F3NO2/c1-11-3-5-13(6-4-11)20-10-12(19)9-18-8-2-7-14(15,16)17/h3-6,12,18-19H,2,7-10H2,1H3. The van der Waals surface area contributed by atoms with E-state index < -0.39 is 18.7 Å². The molecule has 0 spiro atoms. The van der Waals surface area contributed by atoms with Gasteiger partial charge in [-0.25, -0.2) is 0 Å². The van der Waals surface area contributed by atoms with Crippen LogP contribution in [0, 0.1) is 6.92 Å². The predicted octanol–water partition coefficient (Wildman–Crippen LogP) is 2.67. The summed E-state index contributed by atoms with van der Waals surface area (Å²) in [6, 6.07) is 7.41. The highest BCUT2D eigenvalue weighted by Gasteiger charge is 2.25. The summed E-state index contributed by atoms with van der Waals surface area (Å²) >= 11 is 0. The van der Waals surface area contributed by atoms with E-state index in [1.807, 2.05) is 19.1 Å². The first-order valence-corrected chi connectivity index (χ1v) is 6.52. The van der Waals surface area contributed by atoms with Gasteiger partial charge in [-0.05, 0) is 32.0 Å². The van der Waals surface area contributed by atoms with E-state index in [0.717, 1.165) is 5.56 Å². The fraction of sp³-hybridized carbons (Fsp3) is 0.571. The maximum absolute atomic E-state index is 11.9. The van der Waals surface area contributed by atoms with Crippen molar-refractivity contribution in [2.24, 2.45) is 0 Å². The monoisotopic (exact) mass is 291 g/mol. The molecular formula is C14H20F3NO2. The first-order chi connectivity index (χ1) is 9.37. The molecule has 20 heavy (non-hydrogen) atoms. The summed E-state index contributed by atoms with van der Waals surface area (Å²) in [6.45, 7) is 2.50. The second-order valence-corrected chi connectivity index (χ2v) is 4.70. The highest BCUT2D eigenvalue weighted by atomic mass is 19.4. The van der Waals surface area contributed by atoms with Crippen LogP contribution in [-0.2, 0) is 0 Å². The number of ether oxygens (including phenoxy) is 1. The van der Waals surface area contributed by atoms with Crippen molar-refractivity contribution in [3.8, 4) is 5.75 Å². The maximum atomic E-state index is 11.9. The second kappa shape index (κ2) is 8.11. The Morgan fingerprint density at radius 1 is 1.25 bits per heavy atom. The van der Waals surface area contributed by atoms with Crippen molar-refractivity contribution in [3.63, 3.8) is 0 Å². The average Bonchev–Trinajstić information content (AvgIpc) is 2.36. The third-order valence-corrected chi connectivity index (χ3v) is 2.66. The van der Waals surface area contributed by atoms with E-state index in [1.54, 1.807) is 12.1 Å². The number of aliphatic hydroxyl groups excluding tert-OH is 1. The van der Waals surface area contributed by atoms with Crippen LogP contribution in [0.2, 0.25) is 0 Å². The zero-order chi connectivity index (χ0) is 15.0. The lowest BCUT2D eigenvalue weighted by Crippen LogP contribution is -2.32. The molecule has 1 aromatic carbocycles. The van der Waals surface area contributed by atoms with Crippen molar-refractivity contribution in [1.82, 2.24) is 5.32 Å². The summed E-state index contributed by atoms with van der Waals surface area (Å²) in [6.07, 6.45) is -5.66. The van der Waals surface area contributed by atoms with E-state index in [1.165, 1.54) is 0 Å². The number of halogens is 3. The Morgan fingerprint density at radius 3 is 2.50 bits per heavy atom. The van der Waals surface area contributed by atoms with E-state index in [2.05, 4.69) is 5.32 Å². The number of benzene rings is 1. The van der Waals surface area contributed by atoms with E-state index in [4.69, 9.17) is 4.74 Å². The fourth-order valence-electron chi connectivity index (χ4n) is 1.57. The normalized spacial score (nSPS) is 13.2. The molecule has 0 aliphatic heterocycles. The zero-order valence-electron chi connectivity index (χ0n) is 11.4. The number of aryl methyl sites for hydroxylation is 1. The van der Waals surface area contributed by atoms with Gasteiger partial charge >= 0.3 is 6.18 Å². The molecule has 0 fully saturated rings. The third kappa shape index (κ3) is 8.01. The number of hydrogen-bond donors (Lipinski definition) is 2. The molecular weight excluding hydrogens is 271 g/mol. The van der Waals surface area contributed by atoms with Crippen LogP contribution in [0.15, 0.2) is 24.3 Å². The van der Waals surface area contributed by atoms with E-state index in [0.29, 0.717) is 5.75 Å². The first kappa shape index (κ1) is 16.8. The van der Waals surface area contributed by atoms with Crippen LogP contribution in [0.25, 0.3) is 0 Å². The minimum atomic E-state index is -4.12. The number of alkyl halides is 3.